The lowest BCUT2D eigenvalue weighted by Crippen LogP contribution is -2.48. The van der Waals surface area contributed by atoms with Gasteiger partial charge >= 0.3 is 0 Å². The van der Waals surface area contributed by atoms with Gasteiger partial charge in [0.15, 0.2) is 5.96 Å². The van der Waals surface area contributed by atoms with Gasteiger partial charge in [-0.1, -0.05) is 24.3 Å². The molecule has 0 unspecified atom stereocenters. The number of nitrogens with zero attached hydrogens (tertiary/aromatic N) is 3. The third-order valence-corrected chi connectivity index (χ3v) is 5.82. The molecule has 1 saturated heterocycles. The highest BCUT2D eigenvalue weighted by atomic mass is 32.1. The molecule has 0 bridgehead atoms. The molecule has 3 rings (SSSR count). The first-order chi connectivity index (χ1) is 14.1. The Hall–Kier alpha value is -2.54. The number of likely N-dealkylation sites (tertiary alicyclic amines) is 1. The Morgan fingerprint density at radius 3 is 2.62 bits per heavy atom. The Morgan fingerprint density at radius 1 is 1.21 bits per heavy atom. The lowest BCUT2D eigenvalue weighted by atomic mass is 10.1. The topological polar surface area (TPSA) is 57.2 Å². The van der Waals surface area contributed by atoms with E-state index in [2.05, 4.69) is 32.7 Å². The zero-order valence-corrected chi connectivity index (χ0v) is 18.0. The molecular weight excluding hydrogens is 384 g/mol. The maximum absolute atomic E-state index is 12.0. The summed E-state index contributed by atoms with van der Waals surface area (Å²) in [7, 11) is 3.52. The summed E-state index contributed by atoms with van der Waals surface area (Å²) in [6, 6.07) is 14.2. The second-order valence-corrected chi connectivity index (χ2v) is 8.33. The van der Waals surface area contributed by atoms with Gasteiger partial charge in [-0.15, -0.1) is 11.3 Å². The first-order valence-corrected chi connectivity index (χ1v) is 11.0. The molecule has 0 saturated carbocycles. The van der Waals surface area contributed by atoms with Gasteiger partial charge in [0, 0.05) is 51.4 Å². The van der Waals surface area contributed by atoms with E-state index in [-0.39, 0.29) is 18.6 Å². The normalized spacial score (nSPS) is 15.2. The van der Waals surface area contributed by atoms with Crippen LogP contribution >= 0.6 is 11.3 Å². The second-order valence-electron chi connectivity index (χ2n) is 7.30. The molecule has 1 N–H and O–H groups in total. The minimum Gasteiger partial charge on any atom is -0.490 e. The van der Waals surface area contributed by atoms with Crippen molar-refractivity contribution >= 4 is 23.2 Å². The summed E-state index contributed by atoms with van der Waals surface area (Å²) < 4.78 is 6.10. The molecule has 1 aliphatic heterocycles. The summed E-state index contributed by atoms with van der Waals surface area (Å²) in [5.74, 6) is 1.74. The molecular formula is C22H30N4O2S. The predicted molar refractivity (Wildman–Crippen MR) is 119 cm³/mol. The van der Waals surface area contributed by atoms with Crippen LogP contribution in [0.15, 0.2) is 52.8 Å². The van der Waals surface area contributed by atoms with E-state index >= 15 is 0 Å². The standard InChI is InChI=1S/C22H30N4O2S/c1-25(2)21(27)17-24-22(23-13-10-20-9-6-16-29-20)26-14-11-19(12-15-26)28-18-7-4-3-5-8-18/h3-9,16,19H,10-15,17H2,1-2H3,(H,23,24). The van der Waals surface area contributed by atoms with E-state index in [0.717, 1.165) is 50.6 Å². The van der Waals surface area contributed by atoms with Crippen LogP contribution in [0.1, 0.15) is 17.7 Å². The van der Waals surface area contributed by atoms with Crippen LogP contribution in [0.2, 0.25) is 0 Å². The summed E-state index contributed by atoms with van der Waals surface area (Å²) in [4.78, 5) is 21.8. The van der Waals surface area contributed by atoms with Crippen LogP contribution in [0.25, 0.3) is 0 Å². The van der Waals surface area contributed by atoms with Gasteiger partial charge in [0.25, 0.3) is 0 Å². The first-order valence-electron chi connectivity index (χ1n) is 10.1. The highest BCUT2D eigenvalue weighted by Gasteiger charge is 2.23. The van der Waals surface area contributed by atoms with Crippen molar-refractivity contribution in [3.63, 3.8) is 0 Å². The molecule has 2 aromatic rings. The zero-order chi connectivity index (χ0) is 20.5. The largest absolute Gasteiger partial charge is 0.490 e. The number of amides is 1. The first kappa shape index (κ1) is 21.2. The van der Waals surface area contributed by atoms with Gasteiger partial charge in [0.2, 0.25) is 5.91 Å². The van der Waals surface area contributed by atoms with Crippen molar-refractivity contribution in [1.82, 2.24) is 15.1 Å². The molecule has 1 fully saturated rings. The van der Waals surface area contributed by atoms with Crippen molar-refractivity contribution in [2.45, 2.75) is 25.4 Å². The number of para-hydroxylation sites is 1. The van der Waals surface area contributed by atoms with Crippen LogP contribution in [0.3, 0.4) is 0 Å². The molecule has 0 spiro atoms. The van der Waals surface area contributed by atoms with E-state index in [1.54, 1.807) is 30.3 Å². The number of hydrogen-bond acceptors (Lipinski definition) is 4. The predicted octanol–water partition coefficient (Wildman–Crippen LogP) is 2.87. The number of benzene rings is 1. The number of likely N-dealkylation sites (N-methyl/N-ethyl adjacent to an activating group) is 1. The summed E-state index contributed by atoms with van der Waals surface area (Å²) in [5.41, 5.74) is 0. The van der Waals surface area contributed by atoms with Gasteiger partial charge in [-0.05, 0) is 30.0 Å². The number of nitrogens with one attached hydrogen (secondary N) is 1. The molecule has 1 aliphatic rings. The molecule has 7 heteroatoms. The van der Waals surface area contributed by atoms with Gasteiger partial charge in [-0.25, -0.2) is 4.99 Å². The van der Waals surface area contributed by atoms with E-state index < -0.39 is 0 Å². The summed E-state index contributed by atoms with van der Waals surface area (Å²) in [5, 5.41) is 5.55. The van der Waals surface area contributed by atoms with Gasteiger partial charge in [-0.2, -0.15) is 0 Å². The fourth-order valence-corrected chi connectivity index (χ4v) is 3.89. The number of carbonyl (C=O) groups excluding carboxylic acids is 1. The van der Waals surface area contributed by atoms with Crippen LogP contribution in [0.5, 0.6) is 5.75 Å². The van der Waals surface area contributed by atoms with Gasteiger partial charge in [-0.3, -0.25) is 4.79 Å². The number of carbonyl (C=O) groups is 1. The quantitative estimate of drug-likeness (QED) is 0.559. The van der Waals surface area contributed by atoms with E-state index in [0.29, 0.717) is 0 Å². The smallest absolute Gasteiger partial charge is 0.243 e. The Balaban J connectivity index is 1.55. The molecule has 0 aliphatic carbocycles. The molecule has 2 heterocycles. The SMILES string of the molecule is CN(C)C(=O)CN=C(NCCc1cccs1)N1CCC(Oc2ccccc2)CC1. The number of rotatable bonds is 7. The maximum Gasteiger partial charge on any atom is 0.243 e. The maximum atomic E-state index is 12.0. The van der Waals surface area contributed by atoms with Crippen LogP contribution in [-0.2, 0) is 11.2 Å². The van der Waals surface area contributed by atoms with Gasteiger partial charge in [0.1, 0.15) is 18.4 Å². The fourth-order valence-electron chi connectivity index (χ4n) is 3.18. The number of guanidine groups is 1. The van der Waals surface area contributed by atoms with Crippen molar-refractivity contribution in [2.75, 3.05) is 40.3 Å². The Bertz CT molecular complexity index is 769. The Morgan fingerprint density at radius 2 is 1.97 bits per heavy atom. The molecule has 1 aromatic carbocycles. The molecule has 156 valence electrons. The van der Waals surface area contributed by atoms with E-state index in [1.165, 1.54) is 4.88 Å². The average molecular weight is 415 g/mol. The summed E-state index contributed by atoms with van der Waals surface area (Å²) in [6.07, 6.45) is 3.03. The van der Waals surface area contributed by atoms with Crippen LogP contribution < -0.4 is 10.1 Å². The second kappa shape index (κ2) is 10.9. The fraction of sp³-hybridized carbons (Fsp3) is 0.455. The van der Waals surface area contributed by atoms with Crippen molar-refractivity contribution in [1.29, 1.82) is 0 Å². The van der Waals surface area contributed by atoms with Crippen molar-refractivity contribution in [2.24, 2.45) is 4.99 Å². The van der Waals surface area contributed by atoms with Crippen molar-refractivity contribution in [3.8, 4) is 5.75 Å². The van der Waals surface area contributed by atoms with E-state index in [9.17, 15) is 4.79 Å². The lowest BCUT2D eigenvalue weighted by Gasteiger charge is -2.34. The van der Waals surface area contributed by atoms with Gasteiger partial charge < -0.3 is 19.9 Å². The molecule has 1 amide bonds. The molecule has 0 radical (unpaired) electrons. The molecule has 6 nitrogen and oxygen atoms in total. The number of aliphatic imine (C=N–C) groups is 1. The number of ether oxygens (including phenoxy) is 1. The van der Waals surface area contributed by atoms with Crippen molar-refractivity contribution in [3.05, 3.63) is 52.7 Å². The summed E-state index contributed by atoms with van der Waals surface area (Å²) >= 11 is 1.76. The van der Waals surface area contributed by atoms with Crippen LogP contribution in [0, 0.1) is 0 Å². The monoisotopic (exact) mass is 414 g/mol. The minimum atomic E-state index is 0.00449. The number of piperidine rings is 1. The van der Waals surface area contributed by atoms with Crippen LogP contribution in [-0.4, -0.2) is 68.0 Å². The minimum absolute atomic E-state index is 0.00449. The zero-order valence-electron chi connectivity index (χ0n) is 17.2. The molecule has 0 atom stereocenters. The summed E-state index contributed by atoms with van der Waals surface area (Å²) in [6.45, 7) is 2.68. The van der Waals surface area contributed by atoms with Gasteiger partial charge in [0.05, 0.1) is 0 Å². The third-order valence-electron chi connectivity index (χ3n) is 4.88. The molecule has 1 aromatic heterocycles. The highest BCUT2D eigenvalue weighted by molar-refractivity contribution is 7.09. The van der Waals surface area contributed by atoms with Crippen LogP contribution in [0.4, 0.5) is 0 Å². The average Bonchev–Trinajstić information content (AvgIpc) is 3.25. The van der Waals surface area contributed by atoms with E-state index in [4.69, 9.17) is 4.74 Å². The van der Waals surface area contributed by atoms with Crippen molar-refractivity contribution < 1.29 is 9.53 Å². The Kier molecular flexibility index (Phi) is 7.93. The number of hydrogen-bond donors (Lipinski definition) is 1. The van der Waals surface area contributed by atoms with E-state index in [1.807, 2.05) is 30.3 Å². The highest BCUT2D eigenvalue weighted by Crippen LogP contribution is 2.18. The third kappa shape index (κ3) is 6.78. The molecule has 29 heavy (non-hydrogen) atoms. The number of thiophene rings is 1. The Labute approximate surface area is 177 Å². The lowest BCUT2D eigenvalue weighted by molar-refractivity contribution is -0.127.